The maximum Gasteiger partial charge on any atom is 0.217 e. The van der Waals surface area contributed by atoms with Gasteiger partial charge in [0.15, 0.2) is 0 Å². The molecular formula is C48H45N3O2. The molecule has 3 heterocycles. The number of ether oxygens (including phenoxy) is 2. The number of aliphatic imine (C=N–C) groups is 1. The zero-order valence-corrected chi connectivity index (χ0v) is 30.7. The van der Waals surface area contributed by atoms with Crippen LogP contribution in [-0.2, 0) is 10.2 Å². The Kier molecular flexibility index (Phi) is 8.58. The minimum absolute atomic E-state index is 0.0886. The largest absolute Gasteiger partial charge is 0.467 e. The molecule has 0 spiro atoms. The first-order valence-electron chi connectivity index (χ1n) is 19.1. The standard InChI is InChI=1S/C48H45N3O2/c1-32-26-38(51-43-24-14-13-22-41(43)48(2,3)42-23-15-25-49-46(42)51)31-39(27-32)52-40-29-36(33-16-7-4-8-17-33)28-37(30-40)47-50-44(34-18-9-5-10-19-34)45(53-47)35-20-11-6-12-21-35/h4,6-8,11-17,20-31,34,44-45H,5,9-10,18-19H2,1-3H3/t44-,45-/m1/s1. The van der Waals surface area contributed by atoms with Crippen molar-refractivity contribution in [2.45, 2.75) is 70.4 Å². The van der Waals surface area contributed by atoms with E-state index in [9.17, 15) is 0 Å². The molecule has 53 heavy (non-hydrogen) atoms. The van der Waals surface area contributed by atoms with Gasteiger partial charge in [-0.15, -0.1) is 0 Å². The smallest absolute Gasteiger partial charge is 0.217 e. The molecule has 0 radical (unpaired) electrons. The van der Waals surface area contributed by atoms with E-state index in [1.165, 1.54) is 48.8 Å². The summed E-state index contributed by atoms with van der Waals surface area (Å²) in [6, 6.07) is 47.0. The van der Waals surface area contributed by atoms with E-state index in [0.717, 1.165) is 50.9 Å². The molecule has 0 unspecified atom stereocenters. The Labute approximate surface area is 313 Å². The van der Waals surface area contributed by atoms with E-state index >= 15 is 0 Å². The number of nitrogens with zero attached hydrogens (tertiary/aromatic N) is 3. The van der Waals surface area contributed by atoms with E-state index in [2.05, 4.69) is 153 Å². The van der Waals surface area contributed by atoms with Gasteiger partial charge in [-0.25, -0.2) is 9.98 Å². The minimum atomic E-state index is -0.186. The third-order valence-corrected chi connectivity index (χ3v) is 11.4. The predicted molar refractivity (Wildman–Crippen MR) is 215 cm³/mol. The highest BCUT2D eigenvalue weighted by molar-refractivity contribution is 5.97. The molecule has 5 nitrogen and oxygen atoms in total. The maximum atomic E-state index is 6.88. The first kappa shape index (κ1) is 33.2. The molecule has 0 bridgehead atoms. The van der Waals surface area contributed by atoms with Crippen LogP contribution in [0.3, 0.4) is 0 Å². The molecule has 2 aliphatic heterocycles. The summed E-state index contributed by atoms with van der Waals surface area (Å²) < 4.78 is 13.7. The second-order valence-corrected chi connectivity index (χ2v) is 15.3. The summed E-state index contributed by atoms with van der Waals surface area (Å²) in [5.74, 6) is 3.64. The Morgan fingerprint density at radius 3 is 2.19 bits per heavy atom. The van der Waals surface area contributed by atoms with Gasteiger partial charge in [-0.05, 0) is 96.0 Å². The number of hydrogen-bond donors (Lipinski definition) is 0. The lowest BCUT2D eigenvalue weighted by molar-refractivity contribution is 0.150. The lowest BCUT2D eigenvalue weighted by atomic mass is 9.74. The Bertz CT molecular complexity index is 2240. The molecule has 6 aromatic rings. The quantitative estimate of drug-likeness (QED) is 0.167. The number of aryl methyl sites for hydroxylation is 1. The molecule has 2 atom stereocenters. The van der Waals surface area contributed by atoms with Crippen molar-refractivity contribution in [1.29, 1.82) is 0 Å². The van der Waals surface area contributed by atoms with Crippen LogP contribution in [0.25, 0.3) is 11.1 Å². The van der Waals surface area contributed by atoms with E-state index < -0.39 is 0 Å². The highest BCUT2D eigenvalue weighted by atomic mass is 16.5. The van der Waals surface area contributed by atoms with E-state index in [4.69, 9.17) is 19.5 Å². The number of hydrogen-bond acceptors (Lipinski definition) is 5. The number of aromatic nitrogens is 1. The van der Waals surface area contributed by atoms with Crippen LogP contribution in [0.4, 0.5) is 17.2 Å². The van der Waals surface area contributed by atoms with Gasteiger partial charge in [0.25, 0.3) is 0 Å². The maximum absolute atomic E-state index is 6.88. The van der Waals surface area contributed by atoms with Gasteiger partial charge < -0.3 is 9.47 Å². The summed E-state index contributed by atoms with van der Waals surface area (Å²) in [6.45, 7) is 6.69. The van der Waals surface area contributed by atoms with Crippen molar-refractivity contribution in [3.05, 3.63) is 167 Å². The zero-order valence-electron chi connectivity index (χ0n) is 30.7. The normalized spacial score (nSPS) is 19.2. The number of benzene rings is 5. The predicted octanol–water partition coefficient (Wildman–Crippen LogP) is 12.4. The second kappa shape index (κ2) is 13.7. The highest BCUT2D eigenvalue weighted by Crippen LogP contribution is 2.51. The average Bonchev–Trinajstić information content (AvgIpc) is 3.65. The molecule has 0 N–H and O–H groups in total. The molecule has 1 saturated carbocycles. The van der Waals surface area contributed by atoms with Crippen LogP contribution < -0.4 is 9.64 Å². The van der Waals surface area contributed by atoms with Gasteiger partial charge in [0.05, 0.1) is 17.4 Å². The van der Waals surface area contributed by atoms with Gasteiger partial charge in [0.2, 0.25) is 5.90 Å². The summed E-state index contributed by atoms with van der Waals surface area (Å²) in [7, 11) is 0. The van der Waals surface area contributed by atoms with Crippen molar-refractivity contribution in [2.75, 3.05) is 4.90 Å². The first-order chi connectivity index (χ1) is 25.9. The van der Waals surface area contributed by atoms with Crippen LogP contribution in [0.15, 0.2) is 145 Å². The molecule has 9 rings (SSSR count). The van der Waals surface area contributed by atoms with Crippen molar-refractivity contribution in [1.82, 2.24) is 4.98 Å². The van der Waals surface area contributed by atoms with Gasteiger partial charge in [0.1, 0.15) is 23.4 Å². The van der Waals surface area contributed by atoms with E-state index in [0.29, 0.717) is 11.8 Å². The van der Waals surface area contributed by atoms with E-state index in [-0.39, 0.29) is 17.6 Å². The van der Waals surface area contributed by atoms with Crippen LogP contribution in [0, 0.1) is 12.8 Å². The molecule has 5 aromatic carbocycles. The highest BCUT2D eigenvalue weighted by Gasteiger charge is 2.40. The lowest BCUT2D eigenvalue weighted by Gasteiger charge is -2.41. The molecule has 1 aliphatic carbocycles. The van der Waals surface area contributed by atoms with Gasteiger partial charge in [-0.3, -0.25) is 4.90 Å². The SMILES string of the molecule is Cc1cc(Oc2cc(C3=N[C@H](C4CCCCC4)[C@@H](c4ccccc4)O3)cc(-c3ccccc3)c2)cc(N2c3ccccc3C(C)(C)c3cccnc32)c1. The van der Waals surface area contributed by atoms with Crippen LogP contribution in [0.5, 0.6) is 11.5 Å². The van der Waals surface area contributed by atoms with Crippen LogP contribution in [0.1, 0.15) is 79.9 Å². The average molecular weight is 696 g/mol. The Hall–Kier alpha value is -5.68. The topological polar surface area (TPSA) is 47.0 Å². The van der Waals surface area contributed by atoms with Crippen molar-refractivity contribution in [2.24, 2.45) is 10.9 Å². The summed E-state index contributed by atoms with van der Waals surface area (Å²) in [5.41, 5.74) is 9.79. The molecule has 264 valence electrons. The zero-order chi connectivity index (χ0) is 35.9. The van der Waals surface area contributed by atoms with E-state index in [1.807, 2.05) is 12.3 Å². The van der Waals surface area contributed by atoms with Crippen LogP contribution in [0.2, 0.25) is 0 Å². The van der Waals surface area contributed by atoms with Crippen LogP contribution in [-0.4, -0.2) is 16.9 Å². The van der Waals surface area contributed by atoms with Crippen molar-refractivity contribution in [3.63, 3.8) is 0 Å². The number of fused-ring (bicyclic) bond motifs is 2. The number of pyridine rings is 1. The molecule has 0 saturated heterocycles. The van der Waals surface area contributed by atoms with Crippen molar-refractivity contribution < 1.29 is 9.47 Å². The summed E-state index contributed by atoms with van der Waals surface area (Å²) >= 11 is 0. The fourth-order valence-corrected chi connectivity index (χ4v) is 8.71. The molecule has 0 amide bonds. The Morgan fingerprint density at radius 1 is 0.679 bits per heavy atom. The number of para-hydroxylation sites is 1. The minimum Gasteiger partial charge on any atom is -0.467 e. The third-order valence-electron chi connectivity index (χ3n) is 11.4. The van der Waals surface area contributed by atoms with Crippen LogP contribution >= 0.6 is 0 Å². The summed E-state index contributed by atoms with van der Waals surface area (Å²) in [4.78, 5) is 12.6. The Morgan fingerprint density at radius 2 is 1.38 bits per heavy atom. The summed E-state index contributed by atoms with van der Waals surface area (Å²) in [5, 5.41) is 0. The fourth-order valence-electron chi connectivity index (χ4n) is 8.71. The number of anilines is 3. The van der Waals surface area contributed by atoms with Gasteiger partial charge >= 0.3 is 0 Å². The van der Waals surface area contributed by atoms with Gasteiger partial charge in [-0.1, -0.05) is 118 Å². The van der Waals surface area contributed by atoms with Gasteiger partial charge in [0, 0.05) is 28.8 Å². The summed E-state index contributed by atoms with van der Waals surface area (Å²) in [6.07, 6.45) is 8.00. The van der Waals surface area contributed by atoms with Gasteiger partial charge in [-0.2, -0.15) is 0 Å². The third kappa shape index (κ3) is 6.28. The fraction of sp³-hybridized carbons (Fsp3) is 0.250. The second-order valence-electron chi connectivity index (χ2n) is 15.3. The lowest BCUT2D eigenvalue weighted by Crippen LogP contribution is -2.31. The number of rotatable bonds is 7. The molecule has 3 aliphatic rings. The first-order valence-corrected chi connectivity index (χ1v) is 19.1. The molecule has 1 fully saturated rings. The monoisotopic (exact) mass is 695 g/mol. The molecule has 5 heteroatoms. The molecular weight excluding hydrogens is 651 g/mol. The van der Waals surface area contributed by atoms with E-state index in [1.54, 1.807) is 0 Å². The molecule has 1 aromatic heterocycles. The van der Waals surface area contributed by atoms with Crippen molar-refractivity contribution in [3.8, 4) is 22.6 Å². The van der Waals surface area contributed by atoms with Crippen molar-refractivity contribution >= 4 is 23.1 Å². The Balaban J connectivity index is 1.12.